The summed E-state index contributed by atoms with van der Waals surface area (Å²) in [4.78, 5) is 20.7. The molecule has 2 aliphatic rings. The van der Waals surface area contributed by atoms with Crippen molar-refractivity contribution < 1.29 is 22.0 Å². The highest BCUT2D eigenvalue weighted by molar-refractivity contribution is 7.89. The average molecular weight is 461 g/mol. The molecule has 2 aromatic heterocycles. The van der Waals surface area contributed by atoms with E-state index in [0.717, 1.165) is 0 Å². The molecule has 168 valence electrons. The van der Waals surface area contributed by atoms with Crippen LogP contribution < -0.4 is 9.62 Å². The Morgan fingerprint density at radius 1 is 1.12 bits per heavy atom. The molecular weight excluding hydrogens is 440 g/mol. The lowest BCUT2D eigenvalue weighted by molar-refractivity contribution is 0.218. The minimum atomic E-state index is -3.37. The monoisotopic (exact) mass is 461 g/mol. The predicted octanol–water partition coefficient (Wildman–Crippen LogP) is 2.60. The van der Waals surface area contributed by atoms with Crippen LogP contribution in [0.15, 0.2) is 42.6 Å². The van der Waals surface area contributed by atoms with E-state index in [-0.39, 0.29) is 41.7 Å². The normalized spacial score (nSPS) is 21.0. The molecule has 2 aliphatic heterocycles. The summed E-state index contributed by atoms with van der Waals surface area (Å²) in [5.74, 6) is -1.04. The molecule has 1 aromatic carbocycles. The van der Waals surface area contributed by atoms with Gasteiger partial charge in [0.05, 0.1) is 29.2 Å². The highest BCUT2D eigenvalue weighted by Gasteiger charge is 2.46. The number of carbonyl (C=O) groups excluding carboxylic acids is 1. The van der Waals surface area contributed by atoms with Crippen molar-refractivity contribution in [1.29, 1.82) is 0 Å². The molecular formula is C21H21F2N5O3S. The maximum Gasteiger partial charge on any atom is 0.326 e. The molecule has 0 radical (unpaired) electrons. The number of hydrogen-bond donors (Lipinski definition) is 1. The number of nitrogens with one attached hydrogen (secondary N) is 1. The third kappa shape index (κ3) is 3.32. The van der Waals surface area contributed by atoms with E-state index in [1.165, 1.54) is 29.3 Å². The van der Waals surface area contributed by atoms with E-state index in [1.54, 1.807) is 34.4 Å². The second-order valence-corrected chi connectivity index (χ2v) is 10.0. The molecule has 11 heteroatoms. The molecule has 0 spiro atoms. The van der Waals surface area contributed by atoms with Gasteiger partial charge in [0.25, 0.3) is 0 Å². The van der Waals surface area contributed by atoms with Gasteiger partial charge in [-0.05, 0) is 37.6 Å². The van der Waals surface area contributed by atoms with Crippen molar-refractivity contribution in [1.82, 2.24) is 19.0 Å². The van der Waals surface area contributed by atoms with Crippen molar-refractivity contribution in [2.75, 3.05) is 23.7 Å². The third-order valence-electron chi connectivity index (χ3n) is 6.02. The van der Waals surface area contributed by atoms with Crippen LogP contribution in [0.3, 0.4) is 0 Å². The Morgan fingerprint density at radius 2 is 1.84 bits per heavy atom. The Hall–Kier alpha value is -3.05. The smallest absolute Gasteiger partial charge is 0.318 e. The van der Waals surface area contributed by atoms with Crippen LogP contribution in [0.5, 0.6) is 0 Å². The highest BCUT2D eigenvalue weighted by Crippen LogP contribution is 2.34. The fourth-order valence-corrected chi connectivity index (χ4v) is 5.38. The number of benzene rings is 1. The lowest BCUT2D eigenvalue weighted by Gasteiger charge is -2.20. The van der Waals surface area contributed by atoms with E-state index in [2.05, 4.69) is 9.71 Å². The second-order valence-electron chi connectivity index (χ2n) is 7.97. The molecule has 5 rings (SSSR count). The Morgan fingerprint density at radius 3 is 2.53 bits per heavy atom. The SMILES string of the molecule is CCS(=O)(=O)N[C@H]1C[C@H]2CN(c3cnc4cccc(-c5c(F)cccc5F)n34)C(=O)N2C1. The van der Waals surface area contributed by atoms with Gasteiger partial charge in [-0.25, -0.2) is 31.7 Å². The Labute approximate surface area is 183 Å². The minimum absolute atomic E-state index is 0.0224. The number of hydrogen-bond acceptors (Lipinski definition) is 4. The maximum absolute atomic E-state index is 14.5. The van der Waals surface area contributed by atoms with Gasteiger partial charge >= 0.3 is 6.03 Å². The van der Waals surface area contributed by atoms with Gasteiger partial charge in [-0.1, -0.05) is 12.1 Å². The van der Waals surface area contributed by atoms with Gasteiger partial charge in [-0.3, -0.25) is 9.30 Å². The zero-order valence-electron chi connectivity index (χ0n) is 17.2. The molecule has 0 unspecified atom stereocenters. The predicted molar refractivity (Wildman–Crippen MR) is 115 cm³/mol. The van der Waals surface area contributed by atoms with Gasteiger partial charge in [0, 0.05) is 19.1 Å². The van der Waals surface area contributed by atoms with E-state index < -0.39 is 21.7 Å². The Balaban J connectivity index is 1.50. The number of halogens is 2. The number of anilines is 1. The topological polar surface area (TPSA) is 87.0 Å². The summed E-state index contributed by atoms with van der Waals surface area (Å²) in [6.45, 7) is 2.15. The van der Waals surface area contributed by atoms with Crippen molar-refractivity contribution in [2.45, 2.75) is 25.4 Å². The van der Waals surface area contributed by atoms with E-state index in [0.29, 0.717) is 24.4 Å². The number of carbonyl (C=O) groups is 1. The summed E-state index contributed by atoms with van der Waals surface area (Å²) in [6.07, 6.45) is 2.00. The number of sulfonamides is 1. The largest absolute Gasteiger partial charge is 0.326 e. The summed E-state index contributed by atoms with van der Waals surface area (Å²) >= 11 is 0. The van der Waals surface area contributed by atoms with Crippen molar-refractivity contribution >= 4 is 27.5 Å². The molecule has 1 N–H and O–H groups in total. The first-order valence-electron chi connectivity index (χ1n) is 10.3. The minimum Gasteiger partial charge on any atom is -0.318 e. The fraction of sp³-hybridized carbons (Fsp3) is 0.333. The Kier molecular flexibility index (Phi) is 4.90. The van der Waals surface area contributed by atoms with E-state index in [4.69, 9.17) is 0 Å². The number of rotatable bonds is 5. The van der Waals surface area contributed by atoms with E-state index in [9.17, 15) is 22.0 Å². The van der Waals surface area contributed by atoms with Gasteiger partial charge < -0.3 is 4.90 Å². The second kappa shape index (κ2) is 7.52. The molecule has 2 fully saturated rings. The average Bonchev–Trinajstić information content (AvgIpc) is 3.42. The van der Waals surface area contributed by atoms with Crippen LogP contribution in [-0.4, -0.2) is 59.7 Å². The molecule has 0 bridgehead atoms. The van der Waals surface area contributed by atoms with Crippen LogP contribution in [0.4, 0.5) is 19.4 Å². The van der Waals surface area contributed by atoms with Gasteiger partial charge in [-0.15, -0.1) is 0 Å². The fourth-order valence-electron chi connectivity index (χ4n) is 4.53. The highest BCUT2D eigenvalue weighted by atomic mass is 32.2. The number of aromatic nitrogens is 2. The van der Waals surface area contributed by atoms with Gasteiger partial charge in [0.15, 0.2) is 0 Å². The molecule has 8 nitrogen and oxygen atoms in total. The molecule has 3 aromatic rings. The molecule has 0 saturated carbocycles. The Bertz CT molecular complexity index is 1310. The summed E-state index contributed by atoms with van der Waals surface area (Å²) < 4.78 is 57.0. The van der Waals surface area contributed by atoms with Crippen LogP contribution in [0.1, 0.15) is 13.3 Å². The number of imidazole rings is 1. The third-order valence-corrected chi connectivity index (χ3v) is 7.47. The van der Waals surface area contributed by atoms with Crippen molar-refractivity contribution in [3.8, 4) is 11.3 Å². The standard InChI is InChI=1S/C21H21F2N5O3S/c1-2-32(30,31)25-13-9-14-12-27(21(29)26(14)11-13)19-10-24-18-8-4-7-17(28(18)19)20-15(22)5-3-6-16(20)23/h3-8,10,13-14,25H,2,9,11-12H2,1H3/t13-,14-/m0/s1. The van der Waals surface area contributed by atoms with Crippen molar-refractivity contribution in [2.24, 2.45) is 0 Å². The van der Waals surface area contributed by atoms with Crippen molar-refractivity contribution in [3.63, 3.8) is 0 Å². The number of amides is 2. The summed E-state index contributed by atoms with van der Waals surface area (Å²) in [5.41, 5.74) is 0.506. The molecule has 0 aliphatic carbocycles. The summed E-state index contributed by atoms with van der Waals surface area (Å²) in [7, 11) is -3.37. The van der Waals surface area contributed by atoms with E-state index in [1.807, 2.05) is 0 Å². The summed E-state index contributed by atoms with van der Waals surface area (Å²) in [5, 5.41) is 0. The number of pyridine rings is 1. The zero-order valence-corrected chi connectivity index (χ0v) is 18.0. The first-order chi connectivity index (χ1) is 15.3. The van der Waals surface area contributed by atoms with Crippen molar-refractivity contribution in [3.05, 3.63) is 54.2 Å². The van der Waals surface area contributed by atoms with Crippen LogP contribution in [-0.2, 0) is 10.0 Å². The maximum atomic E-state index is 14.5. The molecule has 4 heterocycles. The van der Waals surface area contributed by atoms with Crippen LogP contribution in [0.25, 0.3) is 16.9 Å². The quantitative estimate of drug-likeness (QED) is 0.633. The summed E-state index contributed by atoms with van der Waals surface area (Å²) in [6, 6.07) is 7.80. The van der Waals surface area contributed by atoms with Gasteiger partial charge in [0.2, 0.25) is 10.0 Å². The lowest BCUT2D eigenvalue weighted by atomic mass is 10.1. The molecule has 2 atom stereocenters. The molecule has 2 amide bonds. The first-order valence-corrected chi connectivity index (χ1v) is 11.9. The van der Waals surface area contributed by atoms with Crippen LogP contribution >= 0.6 is 0 Å². The number of urea groups is 1. The first kappa shape index (κ1) is 20.8. The number of fused-ring (bicyclic) bond motifs is 2. The van der Waals surface area contributed by atoms with Gasteiger partial charge in [0.1, 0.15) is 23.1 Å². The zero-order chi connectivity index (χ0) is 22.6. The number of nitrogens with zero attached hydrogens (tertiary/aromatic N) is 4. The van der Waals surface area contributed by atoms with Crippen LogP contribution in [0, 0.1) is 11.6 Å². The van der Waals surface area contributed by atoms with Crippen LogP contribution in [0.2, 0.25) is 0 Å². The molecule has 2 saturated heterocycles. The van der Waals surface area contributed by atoms with E-state index >= 15 is 0 Å². The van der Waals surface area contributed by atoms with Gasteiger partial charge in [-0.2, -0.15) is 0 Å². The molecule has 32 heavy (non-hydrogen) atoms. The lowest BCUT2D eigenvalue weighted by Crippen LogP contribution is -2.41.